The highest BCUT2D eigenvalue weighted by Crippen LogP contribution is 2.37. The van der Waals surface area contributed by atoms with Gasteiger partial charge < -0.3 is 11.1 Å². The smallest absolute Gasteiger partial charge is 0.256 e. The molecule has 2 amide bonds. The number of anilines is 1. The molecule has 2 heterocycles. The Morgan fingerprint density at radius 1 is 1.23 bits per heavy atom. The van der Waals surface area contributed by atoms with Crippen LogP contribution in [0, 0.1) is 13.8 Å². The molecule has 6 nitrogen and oxygen atoms in total. The molecule has 4 rings (SSSR count). The molecule has 0 spiro atoms. The molecule has 0 saturated heterocycles. The topological polar surface area (TPSA) is 90.0 Å². The Morgan fingerprint density at radius 3 is 2.71 bits per heavy atom. The van der Waals surface area contributed by atoms with Crippen molar-refractivity contribution < 1.29 is 9.59 Å². The molecule has 1 aliphatic rings. The minimum atomic E-state index is -0.482. The normalized spacial score (nSPS) is 13.5. The Bertz CT molecular complexity index is 1160. The van der Waals surface area contributed by atoms with Crippen LogP contribution < -0.4 is 11.1 Å². The standard InChI is InChI=1S/C23H25ClN4O2S/c1-13-20(24)14(2)28(27-13)12-15-7-6-8-16(11-15)22(30)26-23-19(21(25)29)17-9-4-3-5-10-18(17)31-23/h6-8,11H,3-5,9-10,12H2,1-2H3,(H2,25,29)(H,26,30). The average Bonchev–Trinajstić information content (AvgIpc) is 3.08. The van der Waals surface area contributed by atoms with Crippen molar-refractivity contribution in [2.24, 2.45) is 5.73 Å². The van der Waals surface area contributed by atoms with Crippen LogP contribution in [0.2, 0.25) is 5.02 Å². The quantitative estimate of drug-likeness (QED) is 0.536. The second kappa shape index (κ2) is 8.85. The van der Waals surface area contributed by atoms with Crippen molar-refractivity contribution in [1.29, 1.82) is 0 Å². The number of rotatable bonds is 5. The van der Waals surface area contributed by atoms with Gasteiger partial charge in [0.25, 0.3) is 11.8 Å². The lowest BCUT2D eigenvalue weighted by Gasteiger charge is -2.09. The fourth-order valence-electron chi connectivity index (χ4n) is 4.08. The van der Waals surface area contributed by atoms with Crippen LogP contribution in [-0.2, 0) is 19.4 Å². The van der Waals surface area contributed by atoms with Crippen molar-refractivity contribution in [3.63, 3.8) is 0 Å². The first kappa shape index (κ1) is 21.6. The van der Waals surface area contributed by atoms with Crippen molar-refractivity contribution in [3.05, 3.63) is 67.8 Å². The number of benzene rings is 1. The van der Waals surface area contributed by atoms with Crippen LogP contribution in [0.3, 0.4) is 0 Å². The molecule has 162 valence electrons. The van der Waals surface area contributed by atoms with Gasteiger partial charge in [-0.05, 0) is 62.8 Å². The molecule has 1 aliphatic carbocycles. The number of nitrogens with zero attached hydrogens (tertiary/aromatic N) is 2. The summed E-state index contributed by atoms with van der Waals surface area (Å²) < 4.78 is 1.83. The van der Waals surface area contributed by atoms with Gasteiger partial charge in [-0.15, -0.1) is 11.3 Å². The maximum atomic E-state index is 13.0. The largest absolute Gasteiger partial charge is 0.365 e. The third kappa shape index (κ3) is 4.38. The first-order valence-electron chi connectivity index (χ1n) is 10.4. The van der Waals surface area contributed by atoms with E-state index in [0.29, 0.717) is 27.7 Å². The van der Waals surface area contributed by atoms with Gasteiger partial charge in [0.2, 0.25) is 0 Å². The zero-order chi connectivity index (χ0) is 22.1. The molecule has 0 radical (unpaired) electrons. The number of halogens is 1. The number of nitrogens with two attached hydrogens (primary N) is 1. The average molecular weight is 457 g/mol. The lowest BCUT2D eigenvalue weighted by Crippen LogP contribution is -2.18. The van der Waals surface area contributed by atoms with Crippen LogP contribution >= 0.6 is 22.9 Å². The van der Waals surface area contributed by atoms with E-state index in [2.05, 4.69) is 10.4 Å². The van der Waals surface area contributed by atoms with Crippen molar-refractivity contribution in [1.82, 2.24) is 9.78 Å². The van der Waals surface area contributed by atoms with Gasteiger partial charge in [-0.3, -0.25) is 14.3 Å². The zero-order valence-electron chi connectivity index (χ0n) is 17.6. The summed E-state index contributed by atoms with van der Waals surface area (Å²) >= 11 is 7.72. The molecule has 0 fully saturated rings. The van der Waals surface area contributed by atoms with Gasteiger partial charge in [-0.25, -0.2) is 0 Å². The first-order valence-corrected chi connectivity index (χ1v) is 11.6. The SMILES string of the molecule is Cc1nn(Cc2cccc(C(=O)Nc3sc4c(c3C(N)=O)CCCCC4)c2)c(C)c1Cl. The summed E-state index contributed by atoms with van der Waals surface area (Å²) in [6.45, 7) is 4.31. The van der Waals surface area contributed by atoms with Crippen molar-refractivity contribution in [3.8, 4) is 0 Å². The lowest BCUT2D eigenvalue weighted by atomic mass is 10.0. The minimum Gasteiger partial charge on any atom is -0.365 e. The number of hydrogen-bond acceptors (Lipinski definition) is 4. The van der Waals surface area contributed by atoms with Crippen molar-refractivity contribution in [2.75, 3.05) is 5.32 Å². The number of aromatic nitrogens is 2. The highest BCUT2D eigenvalue weighted by molar-refractivity contribution is 7.17. The number of carbonyl (C=O) groups is 2. The molecule has 1 aromatic carbocycles. The predicted octanol–water partition coefficient (Wildman–Crippen LogP) is 4.88. The van der Waals surface area contributed by atoms with E-state index in [0.717, 1.165) is 59.5 Å². The fourth-order valence-corrected chi connectivity index (χ4v) is 5.50. The van der Waals surface area contributed by atoms with Crippen LogP contribution in [0.4, 0.5) is 5.00 Å². The van der Waals surface area contributed by atoms with Crippen LogP contribution in [0.15, 0.2) is 24.3 Å². The number of nitrogens with one attached hydrogen (secondary N) is 1. The molecule has 0 aliphatic heterocycles. The van der Waals surface area contributed by atoms with Crippen LogP contribution in [0.1, 0.15) is 67.4 Å². The Labute approximate surface area is 190 Å². The molecule has 0 saturated carbocycles. The Hall–Kier alpha value is -2.64. The van der Waals surface area contributed by atoms with Gasteiger partial charge in [0.05, 0.1) is 28.5 Å². The molecular formula is C23H25ClN4O2S. The van der Waals surface area contributed by atoms with E-state index in [9.17, 15) is 9.59 Å². The number of thiophene rings is 1. The second-order valence-electron chi connectivity index (χ2n) is 7.93. The molecule has 2 aromatic heterocycles. The van der Waals surface area contributed by atoms with Gasteiger partial charge in [-0.2, -0.15) is 5.10 Å². The fraction of sp³-hybridized carbons (Fsp3) is 0.348. The number of amides is 2. The molecule has 0 atom stereocenters. The molecule has 3 aromatic rings. The third-order valence-corrected chi connectivity index (χ3v) is 7.46. The predicted molar refractivity (Wildman–Crippen MR) is 124 cm³/mol. The van der Waals surface area contributed by atoms with E-state index in [-0.39, 0.29) is 5.91 Å². The molecule has 3 N–H and O–H groups in total. The molecule has 31 heavy (non-hydrogen) atoms. The van der Waals surface area contributed by atoms with Gasteiger partial charge in [-0.1, -0.05) is 30.2 Å². The number of primary amides is 1. The summed E-state index contributed by atoms with van der Waals surface area (Å²) in [5, 5.41) is 8.61. The van der Waals surface area contributed by atoms with Crippen LogP contribution in [0.25, 0.3) is 0 Å². The monoisotopic (exact) mass is 456 g/mol. The van der Waals surface area contributed by atoms with E-state index in [1.165, 1.54) is 11.3 Å². The maximum absolute atomic E-state index is 13.0. The molecule has 8 heteroatoms. The van der Waals surface area contributed by atoms with Gasteiger partial charge in [0, 0.05) is 10.4 Å². The molecule has 0 bridgehead atoms. The summed E-state index contributed by atoms with van der Waals surface area (Å²) in [6, 6.07) is 7.39. The highest BCUT2D eigenvalue weighted by atomic mass is 35.5. The maximum Gasteiger partial charge on any atom is 0.256 e. The Balaban J connectivity index is 1.58. The summed E-state index contributed by atoms with van der Waals surface area (Å²) in [7, 11) is 0. The van der Waals surface area contributed by atoms with Gasteiger partial charge in [0.15, 0.2) is 0 Å². The van der Waals surface area contributed by atoms with E-state index >= 15 is 0 Å². The lowest BCUT2D eigenvalue weighted by molar-refractivity contribution is 0.100. The highest BCUT2D eigenvalue weighted by Gasteiger charge is 2.24. The summed E-state index contributed by atoms with van der Waals surface area (Å²) in [5.41, 5.74) is 10.3. The number of carbonyl (C=O) groups excluding carboxylic acids is 2. The number of aryl methyl sites for hydroxylation is 2. The van der Waals surface area contributed by atoms with E-state index in [4.69, 9.17) is 17.3 Å². The van der Waals surface area contributed by atoms with E-state index < -0.39 is 5.91 Å². The summed E-state index contributed by atoms with van der Waals surface area (Å²) in [4.78, 5) is 26.3. The Kier molecular flexibility index (Phi) is 6.16. The molecule has 0 unspecified atom stereocenters. The summed E-state index contributed by atoms with van der Waals surface area (Å²) in [5.74, 6) is -0.739. The van der Waals surface area contributed by atoms with Gasteiger partial charge in [0.1, 0.15) is 5.00 Å². The third-order valence-electron chi connectivity index (χ3n) is 5.71. The van der Waals surface area contributed by atoms with Crippen molar-refractivity contribution >= 4 is 39.8 Å². The van der Waals surface area contributed by atoms with E-state index in [1.54, 1.807) is 6.07 Å². The van der Waals surface area contributed by atoms with Crippen molar-refractivity contribution in [2.45, 2.75) is 52.5 Å². The van der Waals surface area contributed by atoms with Crippen LogP contribution in [-0.4, -0.2) is 21.6 Å². The number of fused-ring (bicyclic) bond motifs is 1. The zero-order valence-corrected chi connectivity index (χ0v) is 19.2. The van der Waals surface area contributed by atoms with Gasteiger partial charge >= 0.3 is 0 Å². The Morgan fingerprint density at radius 2 is 2.00 bits per heavy atom. The first-order chi connectivity index (χ1) is 14.8. The second-order valence-corrected chi connectivity index (χ2v) is 9.41. The summed E-state index contributed by atoms with van der Waals surface area (Å²) in [6.07, 6.45) is 5.04. The van der Waals surface area contributed by atoms with E-state index in [1.807, 2.05) is 36.7 Å². The minimum absolute atomic E-state index is 0.257. The van der Waals surface area contributed by atoms with Crippen LogP contribution in [0.5, 0.6) is 0 Å². The molecular weight excluding hydrogens is 432 g/mol. The number of hydrogen-bond donors (Lipinski definition) is 2.